The van der Waals surface area contributed by atoms with E-state index in [0.29, 0.717) is 0 Å². The first-order chi connectivity index (χ1) is 10.5. The van der Waals surface area contributed by atoms with E-state index in [1.807, 2.05) is 53.2 Å². The minimum Gasteiger partial charge on any atom is -0.346 e. The van der Waals surface area contributed by atoms with Gasteiger partial charge in [-0.1, -0.05) is 36.4 Å². The van der Waals surface area contributed by atoms with Gasteiger partial charge in [0.15, 0.2) is 0 Å². The molecule has 0 spiro atoms. The minimum absolute atomic E-state index is 0.187. The smallest absolute Gasteiger partial charge is 0.346 e. The summed E-state index contributed by atoms with van der Waals surface area (Å²) in [4.78, 5) is 12.5. The molecule has 0 aliphatic rings. The molecule has 22 heavy (non-hydrogen) atoms. The number of benzene rings is 1. The molecule has 2 rings (SSSR count). The maximum absolute atomic E-state index is 12.1. The third-order valence-corrected chi connectivity index (χ3v) is 3.85. The summed E-state index contributed by atoms with van der Waals surface area (Å²) < 4.78 is 36.2. The Balaban J connectivity index is 1.98. The van der Waals surface area contributed by atoms with E-state index in [0.717, 1.165) is 10.4 Å². The number of hydrogen-bond acceptors (Lipinski definition) is 3. The molecule has 0 bridgehead atoms. The summed E-state index contributed by atoms with van der Waals surface area (Å²) >= 11 is 1.52. The molecule has 0 fully saturated rings. The van der Waals surface area contributed by atoms with E-state index >= 15 is 0 Å². The number of hydrogen-bond donors (Lipinski definition) is 2. The van der Waals surface area contributed by atoms with Gasteiger partial charge in [0.2, 0.25) is 5.91 Å². The molecule has 2 aromatic rings. The third-order valence-electron chi connectivity index (χ3n) is 2.91. The van der Waals surface area contributed by atoms with Crippen LogP contribution in [-0.2, 0) is 4.79 Å². The van der Waals surface area contributed by atoms with E-state index in [4.69, 9.17) is 0 Å². The standard InChI is InChI=1S/C15H15F3N2OS/c16-15(17,18)10-20-13(21)9-19-14(12-7-4-8-22-12)11-5-2-1-3-6-11/h1-8,14,19H,9-10H2,(H,20,21)/t14-/m1/s1. The van der Waals surface area contributed by atoms with Crippen molar-refractivity contribution in [2.75, 3.05) is 13.1 Å². The number of amides is 1. The lowest BCUT2D eigenvalue weighted by atomic mass is 10.1. The molecule has 0 aliphatic carbocycles. The zero-order valence-electron chi connectivity index (χ0n) is 11.6. The maximum Gasteiger partial charge on any atom is 0.405 e. The van der Waals surface area contributed by atoms with Gasteiger partial charge >= 0.3 is 6.18 Å². The van der Waals surface area contributed by atoms with Gasteiger partial charge in [-0.15, -0.1) is 11.3 Å². The van der Waals surface area contributed by atoms with Crippen molar-refractivity contribution >= 4 is 17.2 Å². The molecule has 7 heteroatoms. The lowest BCUT2D eigenvalue weighted by molar-refractivity contribution is -0.137. The SMILES string of the molecule is O=C(CN[C@H](c1ccccc1)c1cccs1)NCC(F)(F)F. The molecular formula is C15H15F3N2OS. The van der Waals surface area contributed by atoms with Crippen molar-refractivity contribution in [2.24, 2.45) is 0 Å². The van der Waals surface area contributed by atoms with Gasteiger partial charge in [0.1, 0.15) is 6.54 Å². The van der Waals surface area contributed by atoms with Crippen molar-refractivity contribution in [2.45, 2.75) is 12.2 Å². The number of alkyl halides is 3. The highest BCUT2D eigenvalue weighted by atomic mass is 32.1. The molecule has 0 saturated heterocycles. The average molecular weight is 328 g/mol. The van der Waals surface area contributed by atoms with E-state index in [2.05, 4.69) is 5.32 Å². The van der Waals surface area contributed by atoms with Crippen LogP contribution < -0.4 is 10.6 Å². The molecule has 1 amide bonds. The van der Waals surface area contributed by atoms with Crippen LogP contribution >= 0.6 is 11.3 Å². The number of rotatable bonds is 6. The molecule has 1 atom stereocenters. The van der Waals surface area contributed by atoms with Gasteiger partial charge in [0.05, 0.1) is 12.6 Å². The van der Waals surface area contributed by atoms with E-state index < -0.39 is 18.6 Å². The van der Waals surface area contributed by atoms with E-state index in [9.17, 15) is 18.0 Å². The highest BCUT2D eigenvalue weighted by Crippen LogP contribution is 2.25. The Kier molecular flexibility index (Phi) is 5.57. The van der Waals surface area contributed by atoms with Crippen LogP contribution in [0.25, 0.3) is 0 Å². The van der Waals surface area contributed by atoms with Crippen LogP contribution in [0.3, 0.4) is 0 Å². The van der Waals surface area contributed by atoms with Crippen LogP contribution in [0.5, 0.6) is 0 Å². The lowest BCUT2D eigenvalue weighted by Crippen LogP contribution is -2.40. The Labute approximate surface area is 130 Å². The van der Waals surface area contributed by atoms with Gasteiger partial charge in [0.25, 0.3) is 0 Å². The van der Waals surface area contributed by atoms with E-state index in [1.165, 1.54) is 11.3 Å². The van der Waals surface area contributed by atoms with Crippen molar-refractivity contribution in [3.63, 3.8) is 0 Å². The first kappa shape index (κ1) is 16.5. The Morgan fingerprint density at radius 1 is 1.14 bits per heavy atom. The van der Waals surface area contributed by atoms with Crippen molar-refractivity contribution in [3.8, 4) is 0 Å². The normalized spacial score (nSPS) is 12.9. The molecule has 0 unspecified atom stereocenters. The predicted octanol–water partition coefficient (Wildman–Crippen LogP) is 3.11. The van der Waals surface area contributed by atoms with Crippen LogP contribution in [0.4, 0.5) is 13.2 Å². The van der Waals surface area contributed by atoms with Gasteiger partial charge in [-0.05, 0) is 17.0 Å². The summed E-state index contributed by atoms with van der Waals surface area (Å²) in [5.41, 5.74) is 0.952. The predicted molar refractivity (Wildman–Crippen MR) is 79.7 cm³/mol. The topological polar surface area (TPSA) is 41.1 Å². The van der Waals surface area contributed by atoms with Gasteiger partial charge in [-0.2, -0.15) is 13.2 Å². The van der Waals surface area contributed by atoms with Crippen molar-refractivity contribution < 1.29 is 18.0 Å². The Morgan fingerprint density at radius 2 is 1.86 bits per heavy atom. The summed E-state index contributed by atoms with van der Waals surface area (Å²) in [6.07, 6.45) is -4.40. The molecule has 0 radical (unpaired) electrons. The van der Waals surface area contributed by atoms with Gasteiger partial charge < -0.3 is 5.32 Å². The summed E-state index contributed by atoms with van der Waals surface area (Å²) in [6, 6.07) is 13.0. The van der Waals surface area contributed by atoms with Crippen LogP contribution in [-0.4, -0.2) is 25.2 Å². The number of thiophene rings is 1. The van der Waals surface area contributed by atoms with Crippen molar-refractivity contribution in [3.05, 3.63) is 58.3 Å². The quantitative estimate of drug-likeness (QED) is 0.855. The second-order valence-corrected chi connectivity index (χ2v) is 5.61. The van der Waals surface area contributed by atoms with Crippen molar-refractivity contribution in [1.29, 1.82) is 0 Å². The second kappa shape index (κ2) is 7.42. The monoisotopic (exact) mass is 328 g/mol. The first-order valence-electron chi connectivity index (χ1n) is 6.61. The molecule has 2 N–H and O–H groups in total. The lowest BCUT2D eigenvalue weighted by Gasteiger charge is -2.18. The summed E-state index contributed by atoms with van der Waals surface area (Å²) in [6.45, 7) is -1.50. The van der Waals surface area contributed by atoms with Crippen LogP contribution in [0, 0.1) is 0 Å². The largest absolute Gasteiger partial charge is 0.405 e. The highest BCUT2D eigenvalue weighted by Gasteiger charge is 2.27. The zero-order chi connectivity index (χ0) is 16.0. The second-order valence-electron chi connectivity index (χ2n) is 4.63. The molecule has 0 saturated carbocycles. The first-order valence-corrected chi connectivity index (χ1v) is 7.49. The fourth-order valence-corrected chi connectivity index (χ4v) is 2.77. The van der Waals surface area contributed by atoms with Crippen LogP contribution in [0.2, 0.25) is 0 Å². The van der Waals surface area contributed by atoms with Crippen LogP contribution in [0.1, 0.15) is 16.5 Å². The fourth-order valence-electron chi connectivity index (χ4n) is 1.94. The number of carbonyl (C=O) groups excluding carboxylic acids is 1. The van der Waals surface area contributed by atoms with E-state index in [1.54, 1.807) is 0 Å². The summed E-state index contributed by atoms with van der Waals surface area (Å²) in [5.74, 6) is -0.685. The molecule has 0 aliphatic heterocycles. The van der Waals surface area contributed by atoms with Crippen LogP contribution in [0.15, 0.2) is 47.8 Å². The Hall–Kier alpha value is -1.86. The molecular weight excluding hydrogens is 313 g/mol. The van der Waals surface area contributed by atoms with Gasteiger partial charge in [0, 0.05) is 4.88 Å². The third kappa shape index (κ3) is 5.16. The molecule has 1 heterocycles. The molecule has 118 valence electrons. The fraction of sp³-hybridized carbons (Fsp3) is 0.267. The molecule has 1 aromatic carbocycles. The molecule has 1 aromatic heterocycles. The highest BCUT2D eigenvalue weighted by molar-refractivity contribution is 7.10. The average Bonchev–Trinajstić information content (AvgIpc) is 3.00. The van der Waals surface area contributed by atoms with Gasteiger partial charge in [-0.3, -0.25) is 10.1 Å². The van der Waals surface area contributed by atoms with Gasteiger partial charge in [-0.25, -0.2) is 0 Å². The van der Waals surface area contributed by atoms with E-state index in [-0.39, 0.29) is 12.6 Å². The number of nitrogens with one attached hydrogen (secondary N) is 2. The number of carbonyl (C=O) groups is 1. The minimum atomic E-state index is -4.40. The Bertz CT molecular complexity index is 585. The Morgan fingerprint density at radius 3 is 2.45 bits per heavy atom. The number of halogens is 3. The maximum atomic E-state index is 12.1. The summed E-state index contributed by atoms with van der Waals surface area (Å²) in [7, 11) is 0. The molecule has 3 nitrogen and oxygen atoms in total. The zero-order valence-corrected chi connectivity index (χ0v) is 12.4. The van der Waals surface area contributed by atoms with Crippen molar-refractivity contribution in [1.82, 2.24) is 10.6 Å². The summed E-state index contributed by atoms with van der Waals surface area (Å²) in [5, 5.41) is 6.77.